The van der Waals surface area contributed by atoms with Gasteiger partial charge >= 0.3 is 6.09 Å². The second-order valence-corrected chi connectivity index (χ2v) is 9.87. The van der Waals surface area contributed by atoms with E-state index in [-0.39, 0.29) is 17.8 Å². The monoisotopic (exact) mass is 495 g/mol. The van der Waals surface area contributed by atoms with E-state index in [0.29, 0.717) is 32.6 Å². The first kappa shape index (κ1) is 26.8. The van der Waals surface area contributed by atoms with E-state index < -0.39 is 5.60 Å². The number of carbonyl (C=O) groups excluding carboxylic acids is 2. The molecule has 1 aliphatic rings. The lowest BCUT2D eigenvalue weighted by atomic mass is 10.0. The number of benzene rings is 1. The number of ether oxygens (including phenoxy) is 1. The number of amides is 2. The van der Waals surface area contributed by atoms with Crippen molar-refractivity contribution in [3.8, 4) is 11.1 Å². The minimum Gasteiger partial charge on any atom is -0.444 e. The summed E-state index contributed by atoms with van der Waals surface area (Å²) in [5.41, 5.74) is 3.99. The van der Waals surface area contributed by atoms with Crippen LogP contribution in [0, 0.1) is 5.41 Å². The second-order valence-electron chi connectivity index (χ2n) is 9.87. The summed E-state index contributed by atoms with van der Waals surface area (Å²) in [5, 5.41) is 19.3. The molecule has 2 heterocycles. The maximum Gasteiger partial charge on any atom is 0.410 e. The predicted molar refractivity (Wildman–Crippen MR) is 141 cm³/mol. The number of aromatic nitrogens is 2. The molecular formula is C26H37N7O3. The Balaban J connectivity index is 1.59. The Morgan fingerprint density at radius 3 is 2.50 bits per heavy atom. The Labute approximate surface area is 212 Å². The summed E-state index contributed by atoms with van der Waals surface area (Å²) in [6.45, 7) is 9.18. The van der Waals surface area contributed by atoms with Crippen LogP contribution < -0.4 is 10.6 Å². The van der Waals surface area contributed by atoms with Crippen molar-refractivity contribution in [2.75, 3.05) is 39.0 Å². The van der Waals surface area contributed by atoms with Crippen LogP contribution in [0.15, 0.2) is 47.9 Å². The number of nitrogens with zero attached hydrogens (tertiary/aromatic N) is 4. The maximum atomic E-state index is 12.1. The van der Waals surface area contributed by atoms with Gasteiger partial charge in [-0.05, 0) is 38.5 Å². The molecule has 0 atom stereocenters. The molecule has 1 aromatic heterocycles. The summed E-state index contributed by atoms with van der Waals surface area (Å²) >= 11 is 0. The third-order valence-corrected chi connectivity index (χ3v) is 5.88. The lowest BCUT2D eigenvalue weighted by molar-refractivity contribution is -0.128. The fraction of sp³-hybridized carbons (Fsp3) is 0.462. The van der Waals surface area contributed by atoms with Crippen molar-refractivity contribution in [1.82, 2.24) is 24.9 Å². The van der Waals surface area contributed by atoms with Gasteiger partial charge in [0.05, 0.1) is 19.3 Å². The average Bonchev–Trinajstić information content (AvgIpc) is 3.30. The second kappa shape index (κ2) is 11.3. The SMILES string of the molecule is CNC1=C(C(=N)Nc2ccc(-c3cnn(CCN(C)C(=O)OC(C)(C)C)c3)cc2)CN(C(C)=O)CC1. The van der Waals surface area contributed by atoms with Crippen molar-refractivity contribution < 1.29 is 14.3 Å². The molecule has 0 aliphatic carbocycles. The van der Waals surface area contributed by atoms with Crippen LogP contribution in [-0.4, -0.2) is 76.7 Å². The van der Waals surface area contributed by atoms with Crippen molar-refractivity contribution in [1.29, 1.82) is 5.41 Å². The first-order chi connectivity index (χ1) is 17.0. The van der Waals surface area contributed by atoms with Crippen molar-refractivity contribution in [3.05, 3.63) is 47.9 Å². The summed E-state index contributed by atoms with van der Waals surface area (Å²) < 4.78 is 7.18. The molecule has 3 rings (SSSR count). The molecule has 36 heavy (non-hydrogen) atoms. The van der Waals surface area contributed by atoms with E-state index in [9.17, 15) is 9.59 Å². The van der Waals surface area contributed by atoms with Crippen LogP contribution in [0.1, 0.15) is 34.1 Å². The van der Waals surface area contributed by atoms with E-state index in [4.69, 9.17) is 10.1 Å². The van der Waals surface area contributed by atoms with E-state index >= 15 is 0 Å². The van der Waals surface area contributed by atoms with Gasteiger partial charge in [-0.2, -0.15) is 5.10 Å². The van der Waals surface area contributed by atoms with Crippen LogP contribution in [0.5, 0.6) is 0 Å². The van der Waals surface area contributed by atoms with Gasteiger partial charge in [-0.25, -0.2) is 4.79 Å². The standard InChI is InChI=1S/C26H37N7O3/c1-18(34)32-12-11-23(28-5)22(17-32)24(27)30-21-9-7-19(8-10-21)20-15-29-33(16-20)14-13-31(6)25(35)36-26(2,3)4/h7-10,15-16,28H,11-14,17H2,1-6H3,(H2,27,30). The molecule has 10 heteroatoms. The zero-order valence-electron chi connectivity index (χ0n) is 22.0. The Hall–Kier alpha value is -3.82. The van der Waals surface area contributed by atoms with Crippen LogP contribution >= 0.6 is 0 Å². The highest BCUT2D eigenvalue weighted by atomic mass is 16.6. The van der Waals surface area contributed by atoms with Crippen molar-refractivity contribution in [2.24, 2.45) is 0 Å². The minimum absolute atomic E-state index is 0.0110. The Morgan fingerprint density at radius 1 is 1.19 bits per heavy atom. The summed E-state index contributed by atoms with van der Waals surface area (Å²) in [7, 11) is 3.55. The van der Waals surface area contributed by atoms with Crippen molar-refractivity contribution in [2.45, 2.75) is 46.3 Å². The Bertz CT molecular complexity index is 1130. The molecule has 0 unspecified atom stereocenters. The average molecular weight is 496 g/mol. The summed E-state index contributed by atoms with van der Waals surface area (Å²) in [4.78, 5) is 27.2. The fourth-order valence-electron chi connectivity index (χ4n) is 3.82. The highest BCUT2D eigenvalue weighted by Crippen LogP contribution is 2.23. The number of amidine groups is 1. The largest absolute Gasteiger partial charge is 0.444 e. The lowest BCUT2D eigenvalue weighted by Crippen LogP contribution is -2.40. The van der Waals surface area contributed by atoms with E-state index in [1.807, 2.05) is 58.3 Å². The van der Waals surface area contributed by atoms with Crippen LogP contribution in [0.3, 0.4) is 0 Å². The van der Waals surface area contributed by atoms with Gasteiger partial charge in [0, 0.05) is 69.2 Å². The maximum absolute atomic E-state index is 12.1. The van der Waals surface area contributed by atoms with Gasteiger partial charge in [0.1, 0.15) is 11.4 Å². The van der Waals surface area contributed by atoms with Gasteiger partial charge in [-0.3, -0.25) is 14.9 Å². The van der Waals surface area contributed by atoms with Crippen LogP contribution in [0.4, 0.5) is 10.5 Å². The zero-order valence-corrected chi connectivity index (χ0v) is 22.0. The van der Waals surface area contributed by atoms with Crippen molar-refractivity contribution >= 4 is 23.5 Å². The molecule has 0 bridgehead atoms. The number of rotatable bonds is 7. The normalized spacial score (nSPS) is 13.9. The third-order valence-electron chi connectivity index (χ3n) is 5.88. The molecule has 0 saturated carbocycles. The van der Waals surface area contributed by atoms with Crippen LogP contribution in [-0.2, 0) is 16.1 Å². The number of hydrogen-bond acceptors (Lipinski definition) is 6. The quantitative estimate of drug-likeness (QED) is 0.400. The number of nitrogens with one attached hydrogen (secondary N) is 3. The molecule has 1 aliphatic heterocycles. The summed E-state index contributed by atoms with van der Waals surface area (Å²) in [6.07, 6.45) is 4.07. The summed E-state index contributed by atoms with van der Waals surface area (Å²) in [5.74, 6) is 0.289. The van der Waals surface area contributed by atoms with Gasteiger partial charge in [-0.15, -0.1) is 0 Å². The van der Waals surface area contributed by atoms with E-state index in [1.165, 1.54) is 0 Å². The molecule has 3 N–H and O–H groups in total. The molecule has 0 saturated heterocycles. The predicted octanol–water partition coefficient (Wildman–Crippen LogP) is 3.53. The highest BCUT2D eigenvalue weighted by Gasteiger charge is 2.23. The number of hydrogen-bond donors (Lipinski definition) is 3. The molecule has 194 valence electrons. The molecule has 0 fully saturated rings. The number of anilines is 1. The van der Waals surface area contributed by atoms with Gasteiger partial charge < -0.3 is 25.2 Å². The molecular weight excluding hydrogens is 458 g/mol. The Kier molecular flexibility index (Phi) is 8.39. The van der Waals surface area contributed by atoms with Gasteiger partial charge in [0.25, 0.3) is 0 Å². The zero-order chi connectivity index (χ0) is 26.5. The molecule has 2 aromatic rings. The van der Waals surface area contributed by atoms with E-state index in [0.717, 1.165) is 28.1 Å². The molecule has 1 aromatic carbocycles. The molecule has 0 radical (unpaired) electrons. The lowest BCUT2D eigenvalue weighted by Gasteiger charge is -2.30. The minimum atomic E-state index is -0.527. The van der Waals surface area contributed by atoms with Gasteiger partial charge in [0.15, 0.2) is 0 Å². The summed E-state index contributed by atoms with van der Waals surface area (Å²) in [6, 6.07) is 7.78. The highest BCUT2D eigenvalue weighted by molar-refractivity contribution is 6.07. The first-order valence-electron chi connectivity index (χ1n) is 12.0. The van der Waals surface area contributed by atoms with Gasteiger partial charge in [0.2, 0.25) is 5.91 Å². The molecule has 10 nitrogen and oxygen atoms in total. The van der Waals surface area contributed by atoms with Crippen LogP contribution in [0.2, 0.25) is 0 Å². The number of likely N-dealkylation sites (N-methyl/N-ethyl adjacent to an activating group) is 1. The van der Waals surface area contributed by atoms with E-state index in [2.05, 4.69) is 15.7 Å². The smallest absolute Gasteiger partial charge is 0.410 e. The third kappa shape index (κ3) is 7.10. The van der Waals surface area contributed by atoms with E-state index in [1.54, 1.807) is 34.6 Å². The first-order valence-corrected chi connectivity index (χ1v) is 12.0. The topological polar surface area (TPSA) is 116 Å². The Morgan fingerprint density at radius 2 is 1.89 bits per heavy atom. The molecule has 2 amide bonds. The van der Waals surface area contributed by atoms with Gasteiger partial charge in [-0.1, -0.05) is 12.1 Å². The van der Waals surface area contributed by atoms with Crippen molar-refractivity contribution in [3.63, 3.8) is 0 Å². The van der Waals surface area contributed by atoms with Crippen LogP contribution in [0.25, 0.3) is 11.1 Å². The molecule has 0 spiro atoms. The number of carbonyl (C=O) groups is 2. The fourth-order valence-corrected chi connectivity index (χ4v) is 3.82.